The molecule has 2 N–H and O–H groups in total. The number of amides is 1. The monoisotopic (exact) mass is 517 g/mol. The Balaban J connectivity index is 1.64. The zero-order chi connectivity index (χ0) is 26.8. The van der Waals surface area contributed by atoms with Crippen molar-refractivity contribution in [3.05, 3.63) is 95.6 Å². The van der Waals surface area contributed by atoms with Gasteiger partial charge in [0.1, 0.15) is 12.1 Å². The molecule has 0 fully saturated rings. The SMILES string of the molecule is Cc1ccc(C(=O)Nc2cc(C(F)(F)F)cc(C(F)(F)F)c2)cc1Nc1ncccc1-c1ccncn1. The van der Waals surface area contributed by atoms with Crippen LogP contribution in [0.15, 0.2) is 73.3 Å². The van der Waals surface area contributed by atoms with Crippen LogP contribution in [0.5, 0.6) is 0 Å². The van der Waals surface area contributed by atoms with Crippen molar-refractivity contribution in [1.29, 1.82) is 0 Å². The predicted molar refractivity (Wildman–Crippen MR) is 124 cm³/mol. The molecule has 4 aromatic rings. The Morgan fingerprint density at radius 3 is 2.16 bits per heavy atom. The van der Waals surface area contributed by atoms with Gasteiger partial charge in [0.15, 0.2) is 0 Å². The van der Waals surface area contributed by atoms with Crippen LogP contribution in [0.4, 0.5) is 43.5 Å². The Kier molecular flexibility index (Phi) is 6.84. The number of aryl methyl sites for hydroxylation is 1. The van der Waals surface area contributed by atoms with Crippen molar-refractivity contribution in [3.63, 3.8) is 0 Å². The lowest BCUT2D eigenvalue weighted by molar-refractivity contribution is -0.143. The van der Waals surface area contributed by atoms with Gasteiger partial charge in [-0.3, -0.25) is 4.79 Å². The minimum absolute atomic E-state index is 0.00131. The zero-order valence-electron chi connectivity index (χ0n) is 18.9. The van der Waals surface area contributed by atoms with Gasteiger partial charge in [-0.15, -0.1) is 0 Å². The van der Waals surface area contributed by atoms with Crippen LogP contribution in [0.1, 0.15) is 27.0 Å². The standard InChI is InChI=1S/C25H17F6N5O/c1-14-4-5-15(9-21(14)36-22-19(3-2-7-33-22)20-6-8-32-13-34-20)23(37)35-18-11-16(24(26,27)28)10-17(12-18)25(29,30)31/h2-13H,1H3,(H,33,36)(H,35,37). The number of benzene rings is 2. The number of alkyl halides is 6. The van der Waals surface area contributed by atoms with E-state index in [-0.39, 0.29) is 11.6 Å². The molecule has 0 radical (unpaired) electrons. The summed E-state index contributed by atoms with van der Waals surface area (Å²) in [6.07, 6.45) is -5.59. The summed E-state index contributed by atoms with van der Waals surface area (Å²) in [6.45, 7) is 1.75. The molecule has 37 heavy (non-hydrogen) atoms. The smallest absolute Gasteiger partial charge is 0.339 e. The lowest BCUT2D eigenvalue weighted by Crippen LogP contribution is -2.16. The molecule has 0 atom stereocenters. The highest BCUT2D eigenvalue weighted by atomic mass is 19.4. The van der Waals surface area contributed by atoms with Crippen molar-refractivity contribution in [2.45, 2.75) is 19.3 Å². The van der Waals surface area contributed by atoms with E-state index in [0.29, 0.717) is 40.5 Å². The van der Waals surface area contributed by atoms with Crippen LogP contribution >= 0.6 is 0 Å². The van der Waals surface area contributed by atoms with Crippen LogP contribution in [0.25, 0.3) is 11.3 Å². The molecule has 0 saturated heterocycles. The molecule has 2 heterocycles. The fraction of sp³-hybridized carbons (Fsp3) is 0.120. The Labute approximate surface area is 206 Å². The summed E-state index contributed by atoms with van der Waals surface area (Å²) in [7, 11) is 0. The quantitative estimate of drug-likeness (QED) is 0.282. The molecular formula is C25H17F6N5O. The van der Waals surface area contributed by atoms with E-state index in [9.17, 15) is 31.1 Å². The number of anilines is 3. The maximum atomic E-state index is 13.2. The molecule has 0 unspecified atom stereocenters. The fourth-order valence-corrected chi connectivity index (χ4v) is 3.42. The van der Waals surface area contributed by atoms with E-state index in [1.165, 1.54) is 18.5 Å². The third-order valence-corrected chi connectivity index (χ3v) is 5.26. The summed E-state index contributed by atoms with van der Waals surface area (Å²) in [5.74, 6) is -0.484. The third kappa shape index (κ3) is 6.02. The van der Waals surface area contributed by atoms with Gasteiger partial charge in [-0.25, -0.2) is 15.0 Å². The molecule has 2 aromatic heterocycles. The van der Waals surface area contributed by atoms with Gasteiger partial charge in [-0.2, -0.15) is 26.3 Å². The summed E-state index contributed by atoms with van der Waals surface area (Å²) >= 11 is 0. The maximum Gasteiger partial charge on any atom is 0.416 e. The van der Waals surface area contributed by atoms with Gasteiger partial charge in [0.25, 0.3) is 5.91 Å². The molecule has 2 aromatic carbocycles. The van der Waals surface area contributed by atoms with Crippen molar-refractivity contribution in [2.24, 2.45) is 0 Å². The number of carbonyl (C=O) groups is 1. The van der Waals surface area contributed by atoms with E-state index in [1.807, 2.05) is 0 Å². The van der Waals surface area contributed by atoms with Crippen LogP contribution in [-0.4, -0.2) is 20.9 Å². The molecule has 6 nitrogen and oxygen atoms in total. The Hall–Kier alpha value is -4.48. The zero-order valence-corrected chi connectivity index (χ0v) is 18.9. The van der Waals surface area contributed by atoms with Crippen LogP contribution in [-0.2, 0) is 12.4 Å². The number of hydrogen-bond donors (Lipinski definition) is 2. The second-order valence-corrected chi connectivity index (χ2v) is 7.90. The highest BCUT2D eigenvalue weighted by Gasteiger charge is 2.37. The van der Waals surface area contributed by atoms with Gasteiger partial charge >= 0.3 is 12.4 Å². The first-order valence-corrected chi connectivity index (χ1v) is 10.6. The molecule has 0 bridgehead atoms. The van der Waals surface area contributed by atoms with E-state index >= 15 is 0 Å². The van der Waals surface area contributed by atoms with Gasteiger partial charge in [-0.1, -0.05) is 6.07 Å². The van der Waals surface area contributed by atoms with Crippen molar-refractivity contribution in [1.82, 2.24) is 15.0 Å². The van der Waals surface area contributed by atoms with Crippen LogP contribution < -0.4 is 10.6 Å². The minimum Gasteiger partial charge on any atom is -0.339 e. The lowest BCUT2D eigenvalue weighted by atomic mass is 10.1. The van der Waals surface area contributed by atoms with Crippen LogP contribution in [0.3, 0.4) is 0 Å². The first-order chi connectivity index (χ1) is 17.4. The van der Waals surface area contributed by atoms with E-state index in [2.05, 4.69) is 25.6 Å². The number of hydrogen-bond acceptors (Lipinski definition) is 5. The number of pyridine rings is 1. The summed E-state index contributed by atoms with van der Waals surface area (Å²) in [6, 6.07) is 10.5. The highest BCUT2D eigenvalue weighted by molar-refractivity contribution is 6.05. The second kappa shape index (κ2) is 9.88. The Bertz CT molecular complexity index is 1410. The van der Waals surface area contributed by atoms with E-state index in [1.54, 1.807) is 43.6 Å². The van der Waals surface area contributed by atoms with Gasteiger partial charge in [0, 0.05) is 34.9 Å². The topological polar surface area (TPSA) is 79.8 Å². The van der Waals surface area contributed by atoms with Gasteiger partial charge in [0.2, 0.25) is 0 Å². The summed E-state index contributed by atoms with van der Waals surface area (Å²) in [5, 5.41) is 5.24. The molecule has 12 heteroatoms. The summed E-state index contributed by atoms with van der Waals surface area (Å²) < 4.78 is 78.9. The molecule has 4 rings (SSSR count). The van der Waals surface area contributed by atoms with Gasteiger partial charge in [0.05, 0.1) is 16.8 Å². The average molecular weight is 517 g/mol. The maximum absolute atomic E-state index is 13.2. The largest absolute Gasteiger partial charge is 0.416 e. The van der Waals surface area contributed by atoms with Crippen molar-refractivity contribution in [3.8, 4) is 11.3 Å². The normalized spacial score (nSPS) is 11.8. The first-order valence-electron chi connectivity index (χ1n) is 10.6. The molecule has 0 aliphatic rings. The van der Waals surface area contributed by atoms with Crippen molar-refractivity contribution < 1.29 is 31.1 Å². The third-order valence-electron chi connectivity index (χ3n) is 5.26. The molecule has 0 aliphatic carbocycles. The highest BCUT2D eigenvalue weighted by Crippen LogP contribution is 2.37. The Morgan fingerprint density at radius 2 is 1.54 bits per heavy atom. The van der Waals surface area contributed by atoms with Crippen LogP contribution in [0.2, 0.25) is 0 Å². The summed E-state index contributed by atoms with van der Waals surface area (Å²) in [5.41, 5.74) is -1.33. The average Bonchev–Trinajstić information content (AvgIpc) is 2.85. The van der Waals surface area contributed by atoms with E-state index in [4.69, 9.17) is 0 Å². The molecule has 0 aliphatic heterocycles. The van der Waals surface area contributed by atoms with Crippen molar-refractivity contribution in [2.75, 3.05) is 10.6 Å². The number of nitrogens with one attached hydrogen (secondary N) is 2. The number of rotatable bonds is 5. The number of aromatic nitrogens is 3. The first kappa shape index (κ1) is 25.6. The number of nitrogens with zero attached hydrogens (tertiary/aromatic N) is 3. The molecule has 0 spiro atoms. The number of carbonyl (C=O) groups excluding carboxylic acids is 1. The van der Waals surface area contributed by atoms with Gasteiger partial charge < -0.3 is 10.6 Å². The van der Waals surface area contributed by atoms with Crippen LogP contribution in [0, 0.1) is 6.92 Å². The second-order valence-electron chi connectivity index (χ2n) is 7.90. The minimum atomic E-state index is -5.04. The lowest BCUT2D eigenvalue weighted by Gasteiger charge is -2.16. The summed E-state index contributed by atoms with van der Waals surface area (Å²) in [4.78, 5) is 25.2. The predicted octanol–water partition coefficient (Wildman–Crippen LogP) is 6.88. The number of halogens is 6. The van der Waals surface area contributed by atoms with E-state index < -0.39 is 35.1 Å². The Morgan fingerprint density at radius 1 is 0.838 bits per heavy atom. The molecule has 190 valence electrons. The van der Waals surface area contributed by atoms with Gasteiger partial charge in [-0.05, 0) is 61.0 Å². The van der Waals surface area contributed by atoms with E-state index in [0.717, 1.165) is 0 Å². The van der Waals surface area contributed by atoms with Crippen molar-refractivity contribution >= 4 is 23.1 Å². The molecular weight excluding hydrogens is 500 g/mol. The molecule has 0 saturated carbocycles. The molecule has 1 amide bonds. The fourth-order valence-electron chi connectivity index (χ4n) is 3.42.